The average molecular weight is 330 g/mol. The van der Waals surface area contributed by atoms with Crippen LogP contribution in [0.3, 0.4) is 0 Å². The molecule has 3 rings (SSSR count). The van der Waals surface area contributed by atoms with Gasteiger partial charge in [-0.15, -0.1) is 0 Å². The second-order valence-corrected chi connectivity index (χ2v) is 7.80. The molecular weight excluding hydrogens is 308 g/mol. The average Bonchev–Trinajstić information content (AvgIpc) is 2.58. The van der Waals surface area contributed by atoms with Crippen LogP contribution in [0.25, 0.3) is 11.1 Å². The maximum Gasteiger partial charge on any atom is 0.240 e. The van der Waals surface area contributed by atoms with Crippen LogP contribution in [0.4, 0.5) is 0 Å². The highest BCUT2D eigenvalue weighted by Gasteiger charge is 2.26. The number of hydrogen-bond acceptors (Lipinski definition) is 3. The van der Waals surface area contributed by atoms with Crippen molar-refractivity contribution in [3.05, 3.63) is 54.6 Å². The molecule has 1 saturated heterocycles. The van der Waals surface area contributed by atoms with Crippen molar-refractivity contribution >= 4 is 10.0 Å². The summed E-state index contributed by atoms with van der Waals surface area (Å²) < 4.78 is 28.0. The summed E-state index contributed by atoms with van der Waals surface area (Å²) in [5.41, 5.74) is 2.09. The lowest BCUT2D eigenvalue weighted by atomic mass is 9.97. The molecule has 2 atom stereocenters. The molecule has 0 aromatic heterocycles. The number of benzene rings is 2. The topological polar surface area (TPSA) is 58.2 Å². The summed E-state index contributed by atoms with van der Waals surface area (Å²) in [6, 6.07) is 17.0. The summed E-state index contributed by atoms with van der Waals surface area (Å²) in [7, 11) is -3.47. The van der Waals surface area contributed by atoms with Gasteiger partial charge in [0.25, 0.3) is 0 Å². The Labute approximate surface area is 138 Å². The third kappa shape index (κ3) is 3.80. The Balaban J connectivity index is 1.78. The van der Waals surface area contributed by atoms with E-state index in [-0.39, 0.29) is 6.04 Å². The van der Waals surface area contributed by atoms with Gasteiger partial charge in [-0.3, -0.25) is 0 Å². The largest absolute Gasteiger partial charge is 0.316 e. The quantitative estimate of drug-likeness (QED) is 0.906. The lowest BCUT2D eigenvalue weighted by Crippen LogP contribution is -2.48. The molecule has 2 N–H and O–H groups in total. The van der Waals surface area contributed by atoms with Crippen molar-refractivity contribution in [2.75, 3.05) is 13.1 Å². The first-order chi connectivity index (χ1) is 11.1. The summed E-state index contributed by atoms with van der Waals surface area (Å²) in [6.45, 7) is 3.77. The lowest BCUT2D eigenvalue weighted by Gasteiger charge is -2.29. The standard InChI is InChI=1S/C18H22N2O2S/c1-14-13-19-12-11-18(14)20-23(21,22)17-9-7-16(8-10-17)15-5-3-2-4-6-15/h2-10,14,18-20H,11-13H2,1H3. The van der Waals surface area contributed by atoms with E-state index in [0.717, 1.165) is 30.6 Å². The highest BCUT2D eigenvalue weighted by Crippen LogP contribution is 2.22. The van der Waals surface area contributed by atoms with Crippen molar-refractivity contribution in [3.63, 3.8) is 0 Å². The summed E-state index contributed by atoms with van der Waals surface area (Å²) >= 11 is 0. The zero-order chi connectivity index (χ0) is 16.3. The molecule has 2 aromatic carbocycles. The fraction of sp³-hybridized carbons (Fsp3) is 0.333. The molecule has 0 aliphatic carbocycles. The Hall–Kier alpha value is -1.69. The maximum absolute atomic E-state index is 12.6. The molecule has 0 saturated carbocycles. The summed E-state index contributed by atoms with van der Waals surface area (Å²) in [6.07, 6.45) is 0.822. The van der Waals surface area contributed by atoms with Gasteiger partial charge < -0.3 is 5.32 Å². The van der Waals surface area contributed by atoms with Crippen LogP contribution >= 0.6 is 0 Å². The third-order valence-electron chi connectivity index (χ3n) is 4.36. The second-order valence-electron chi connectivity index (χ2n) is 6.09. The van der Waals surface area contributed by atoms with Gasteiger partial charge in [0.05, 0.1) is 4.90 Å². The number of sulfonamides is 1. The van der Waals surface area contributed by atoms with E-state index in [2.05, 4.69) is 17.0 Å². The van der Waals surface area contributed by atoms with Crippen molar-refractivity contribution in [2.45, 2.75) is 24.3 Å². The van der Waals surface area contributed by atoms with Crippen molar-refractivity contribution < 1.29 is 8.42 Å². The highest BCUT2D eigenvalue weighted by atomic mass is 32.2. The minimum atomic E-state index is -3.47. The third-order valence-corrected chi connectivity index (χ3v) is 5.87. The van der Waals surface area contributed by atoms with Crippen molar-refractivity contribution in [3.8, 4) is 11.1 Å². The van der Waals surface area contributed by atoms with Crippen LogP contribution in [0.15, 0.2) is 59.5 Å². The Morgan fingerprint density at radius 1 is 1.00 bits per heavy atom. The second kappa shape index (κ2) is 6.83. The van der Waals surface area contributed by atoms with E-state index in [9.17, 15) is 8.42 Å². The van der Waals surface area contributed by atoms with Gasteiger partial charge in [0.15, 0.2) is 0 Å². The summed E-state index contributed by atoms with van der Waals surface area (Å²) in [4.78, 5) is 0.322. The highest BCUT2D eigenvalue weighted by molar-refractivity contribution is 7.89. The molecule has 0 bridgehead atoms. The van der Waals surface area contributed by atoms with Crippen LogP contribution < -0.4 is 10.0 Å². The van der Waals surface area contributed by atoms with Crippen LogP contribution in [0.1, 0.15) is 13.3 Å². The molecule has 1 aliphatic rings. The number of piperidine rings is 1. The zero-order valence-corrected chi connectivity index (χ0v) is 14.0. The molecule has 0 radical (unpaired) electrons. The number of rotatable bonds is 4. The van der Waals surface area contributed by atoms with E-state index in [1.54, 1.807) is 12.1 Å². The van der Waals surface area contributed by atoms with E-state index in [0.29, 0.717) is 10.8 Å². The predicted molar refractivity (Wildman–Crippen MR) is 92.6 cm³/mol. The van der Waals surface area contributed by atoms with Gasteiger partial charge in [0.1, 0.15) is 0 Å². The minimum absolute atomic E-state index is 0.00458. The minimum Gasteiger partial charge on any atom is -0.316 e. The fourth-order valence-electron chi connectivity index (χ4n) is 2.91. The SMILES string of the molecule is CC1CNCCC1NS(=O)(=O)c1ccc(-c2ccccc2)cc1. The van der Waals surface area contributed by atoms with Crippen molar-refractivity contribution in [1.29, 1.82) is 0 Å². The predicted octanol–water partition coefficient (Wildman–Crippen LogP) is 2.63. The van der Waals surface area contributed by atoms with Crippen molar-refractivity contribution in [2.24, 2.45) is 5.92 Å². The first-order valence-electron chi connectivity index (χ1n) is 7.95. The van der Waals surface area contributed by atoms with Crippen molar-refractivity contribution in [1.82, 2.24) is 10.0 Å². The van der Waals surface area contributed by atoms with Crippen LogP contribution in [0.5, 0.6) is 0 Å². The Morgan fingerprint density at radius 2 is 1.65 bits per heavy atom. The number of nitrogens with one attached hydrogen (secondary N) is 2. The van der Waals surface area contributed by atoms with Gasteiger partial charge in [0.2, 0.25) is 10.0 Å². The molecule has 23 heavy (non-hydrogen) atoms. The smallest absolute Gasteiger partial charge is 0.240 e. The molecule has 1 fully saturated rings. The molecule has 1 heterocycles. The van der Waals surface area contributed by atoms with Crippen LogP contribution in [-0.4, -0.2) is 27.5 Å². The summed E-state index contributed by atoms with van der Waals surface area (Å²) in [5, 5.41) is 3.28. The first kappa shape index (κ1) is 16.2. The van der Waals surface area contributed by atoms with Crippen LogP contribution in [0, 0.1) is 5.92 Å². The Bertz CT molecular complexity index is 742. The van der Waals surface area contributed by atoms with E-state index in [1.807, 2.05) is 42.5 Å². The molecule has 122 valence electrons. The van der Waals surface area contributed by atoms with Gasteiger partial charge in [-0.25, -0.2) is 13.1 Å². The van der Waals surface area contributed by atoms with E-state index in [1.165, 1.54) is 0 Å². The maximum atomic E-state index is 12.6. The zero-order valence-electron chi connectivity index (χ0n) is 13.2. The van der Waals surface area contributed by atoms with Gasteiger partial charge in [-0.1, -0.05) is 49.4 Å². The molecule has 0 spiro atoms. The van der Waals surface area contributed by atoms with Gasteiger partial charge >= 0.3 is 0 Å². The van der Waals surface area contributed by atoms with E-state index < -0.39 is 10.0 Å². The molecule has 1 aliphatic heterocycles. The molecule has 4 nitrogen and oxygen atoms in total. The van der Waals surface area contributed by atoms with Gasteiger partial charge in [0, 0.05) is 6.04 Å². The first-order valence-corrected chi connectivity index (χ1v) is 9.43. The molecule has 2 unspecified atom stereocenters. The lowest BCUT2D eigenvalue weighted by molar-refractivity contribution is 0.328. The van der Waals surface area contributed by atoms with Crippen LogP contribution in [-0.2, 0) is 10.0 Å². The molecule has 0 amide bonds. The van der Waals surface area contributed by atoms with Crippen LogP contribution in [0.2, 0.25) is 0 Å². The van der Waals surface area contributed by atoms with Gasteiger partial charge in [-0.2, -0.15) is 0 Å². The van der Waals surface area contributed by atoms with E-state index >= 15 is 0 Å². The molecule has 5 heteroatoms. The van der Waals surface area contributed by atoms with Gasteiger partial charge in [-0.05, 0) is 48.7 Å². The summed E-state index contributed by atoms with van der Waals surface area (Å²) in [5.74, 6) is 0.294. The molecule has 2 aromatic rings. The Kier molecular flexibility index (Phi) is 4.80. The number of hydrogen-bond donors (Lipinski definition) is 2. The van der Waals surface area contributed by atoms with E-state index in [4.69, 9.17) is 0 Å². The normalized spacial score (nSPS) is 22.0. The monoisotopic (exact) mass is 330 g/mol. The fourth-order valence-corrected chi connectivity index (χ4v) is 4.29. The Morgan fingerprint density at radius 3 is 2.30 bits per heavy atom. The molecular formula is C18H22N2O2S.